The fourth-order valence-corrected chi connectivity index (χ4v) is 17.5. The van der Waals surface area contributed by atoms with Gasteiger partial charge in [-0.05, 0) is 128 Å². The number of nitrogens with one attached hydrogen (secondary N) is 6. The summed E-state index contributed by atoms with van der Waals surface area (Å²) in [5, 5.41) is 81.0. The number of unbranched alkanes of at least 4 members (excludes halogenated alkanes) is 1. The predicted octanol–water partition coefficient (Wildman–Crippen LogP) is 3.64. The van der Waals surface area contributed by atoms with E-state index in [4.69, 9.17) is 53.6 Å². The lowest BCUT2D eigenvalue weighted by atomic mass is 9.84. The first-order chi connectivity index (χ1) is 66.3. The van der Waals surface area contributed by atoms with Gasteiger partial charge in [0.25, 0.3) is 22.9 Å². The molecule has 1 saturated heterocycles. The highest BCUT2D eigenvalue weighted by Crippen LogP contribution is 2.46. The summed E-state index contributed by atoms with van der Waals surface area (Å²) in [6.07, 6.45) is -9.30. The Morgan fingerprint density at radius 1 is 0.655 bits per heavy atom. The molecule has 0 spiro atoms. The zero-order valence-corrected chi connectivity index (χ0v) is 76.7. The number of rotatable bonds is 38. The lowest BCUT2D eigenvalue weighted by Crippen LogP contribution is -2.61. The molecule has 4 aromatic carbocycles. The molecular weight excluding hydrogens is 1820 g/mol. The number of aliphatic hydroxyl groups is 5. The number of carbonyl (C=O) groups excluding carboxylic acids is 11. The first kappa shape index (κ1) is 100. The van der Waals surface area contributed by atoms with Crippen molar-refractivity contribution in [3.63, 3.8) is 0 Å². The molecule has 9 amide bonds. The summed E-state index contributed by atoms with van der Waals surface area (Å²) in [7, 11) is 1.24. The molecule has 6 aliphatic rings. The van der Waals surface area contributed by atoms with Gasteiger partial charge in [0.05, 0.1) is 83.3 Å². The van der Waals surface area contributed by atoms with Crippen molar-refractivity contribution in [3.8, 4) is 40.0 Å². The molecule has 14 N–H and O–H groups in total. The normalized spacial score (nSPS) is 19.1. The van der Waals surface area contributed by atoms with E-state index in [9.17, 15) is 97.8 Å². The summed E-state index contributed by atoms with van der Waals surface area (Å²) in [4.78, 5) is 201. The van der Waals surface area contributed by atoms with Crippen LogP contribution in [0.1, 0.15) is 136 Å². The Morgan fingerprint density at radius 3 is 1.85 bits per heavy atom. The van der Waals surface area contributed by atoms with Crippen molar-refractivity contribution in [1.29, 1.82) is 0 Å². The molecular formula is C95H104F2N14O28. The van der Waals surface area contributed by atoms with E-state index in [0.29, 0.717) is 87.0 Å². The van der Waals surface area contributed by atoms with Crippen LogP contribution in [0.15, 0.2) is 113 Å². The predicted molar refractivity (Wildman–Crippen MR) is 486 cm³/mol. The number of likely N-dealkylation sites (N-methyl/N-ethyl adjacent to an activating group) is 1. The molecule has 0 unspecified atom stereocenters. The summed E-state index contributed by atoms with van der Waals surface area (Å²) in [5.74, 6) is -12.1. The molecule has 0 aliphatic carbocycles. The van der Waals surface area contributed by atoms with Crippen LogP contribution < -0.4 is 63.0 Å². The van der Waals surface area contributed by atoms with Crippen molar-refractivity contribution in [2.75, 3.05) is 70.2 Å². The Kier molecular flexibility index (Phi) is 30.5. The molecule has 6 aliphatic heterocycles. The van der Waals surface area contributed by atoms with Crippen LogP contribution in [0.25, 0.3) is 44.6 Å². The van der Waals surface area contributed by atoms with Gasteiger partial charge in [-0.1, -0.05) is 66.3 Å². The van der Waals surface area contributed by atoms with E-state index in [2.05, 4.69) is 38.5 Å². The van der Waals surface area contributed by atoms with Crippen LogP contribution >= 0.6 is 0 Å². The molecule has 0 saturated carbocycles. The molecule has 44 heteroatoms. The second-order valence-electron chi connectivity index (χ2n) is 34.4. The number of carbonyl (C=O) groups is 12. The number of aromatic nitrogens is 4. The number of hydrogen-bond donors (Lipinski definition) is 13. The first-order valence-corrected chi connectivity index (χ1v) is 44.9. The van der Waals surface area contributed by atoms with Crippen molar-refractivity contribution in [2.45, 2.75) is 186 Å². The number of esters is 1. The number of nitrogens with two attached hydrogens (primary N) is 1. The highest BCUT2D eigenvalue weighted by atomic mass is 19.1. The Hall–Kier alpha value is -14.5. The maximum atomic E-state index is 15.9. The van der Waals surface area contributed by atoms with Gasteiger partial charge in [0.2, 0.25) is 41.7 Å². The molecule has 4 aromatic heterocycles. The largest absolute Gasteiger partial charge is 0.514 e. The Morgan fingerprint density at radius 2 is 1.24 bits per heavy atom. The number of imide groups is 1. The number of carboxylic acids is 1. The number of pyridine rings is 4. The quantitative estimate of drug-likeness (QED) is 0.00656. The number of amides is 9. The van der Waals surface area contributed by atoms with Crippen molar-refractivity contribution in [3.05, 3.63) is 191 Å². The molecule has 139 heavy (non-hydrogen) atoms. The van der Waals surface area contributed by atoms with Gasteiger partial charge >= 0.3 is 24.2 Å². The number of halogens is 2. The third-order valence-corrected chi connectivity index (χ3v) is 25.1. The Labute approximate surface area is 790 Å². The number of hydrogen-bond acceptors (Lipinski definition) is 31. The van der Waals surface area contributed by atoms with Crippen molar-refractivity contribution < 1.29 is 135 Å². The number of nitrogens with zero attached hydrogens (tertiary/aromatic N) is 7. The standard InChI is InChI=1S/C95H104F2N14O28/c1-9-51-53-30-70(61(96)34-64(53)103-79-55(51)36-110-67(79)32-59-57(87(110)123)43-132-47(7)94(59,130)11-3)136-45-100-92(128)134-42-49-18-21-69(137-90-83(120)81(118)82(119)84(139-90)89(125)126)66(29-49)102-73(113)38-107(8)75(115)24-26-99-72(112)39-108(27-28-109-76(116)22-23-77(109)117)40-74(114)106-78(46(5)6)86(122)105-63(15-13-14-25-98)85(121)101-50-19-16-48(17-20-50)41-135-93(129)138-71-31-54-52(10-2)56-37-111-68(80(56)104-65(54)35-62(71)97)33-60-58(88(111)124)44-133-91(127)95(60,131)12-4/h16-23,29-35,46,63,78,81-84,90,118-120,130-131H,7,9-15,24-28,36-45,98H2,1-6,8H3,(H,99,112)(H,100,128)(H,101,121)(H,102,113)(H,105,122)(H,106,114)(H,125,126)/t63-,78-,81-,82-,83+,84-,90+,94+,95-/m0/s1. The van der Waals surface area contributed by atoms with Gasteiger partial charge in [-0.25, -0.2) is 37.9 Å². The average molecular weight is 1930 g/mol. The number of anilines is 2. The zero-order valence-electron chi connectivity index (χ0n) is 76.7. The summed E-state index contributed by atoms with van der Waals surface area (Å²) in [5.41, 5.74) is 7.37. The number of aliphatic carboxylic acids is 1. The van der Waals surface area contributed by atoms with Crippen molar-refractivity contribution >= 4 is 105 Å². The number of fused-ring (bicyclic) bond motifs is 10. The lowest BCUT2D eigenvalue weighted by Gasteiger charge is -2.38. The van der Waals surface area contributed by atoms with Crippen LogP contribution in [-0.2, 0) is 135 Å². The first-order valence-electron chi connectivity index (χ1n) is 44.9. The van der Waals surface area contributed by atoms with Gasteiger partial charge in [-0.2, -0.15) is 0 Å². The van der Waals surface area contributed by atoms with Gasteiger partial charge < -0.3 is 115 Å². The topological polar surface area (TPSA) is 578 Å². The Balaban J connectivity index is 0.561. The van der Waals surface area contributed by atoms with E-state index in [1.165, 1.54) is 75.7 Å². The summed E-state index contributed by atoms with van der Waals surface area (Å²) >= 11 is 0. The summed E-state index contributed by atoms with van der Waals surface area (Å²) < 4.78 is 78.6. The highest BCUT2D eigenvalue weighted by molar-refractivity contribution is 6.13. The number of cyclic esters (lactones) is 1. The number of alkyl carbamates (subject to hydrolysis) is 1. The van der Waals surface area contributed by atoms with Crippen LogP contribution in [0.3, 0.4) is 0 Å². The van der Waals surface area contributed by atoms with Crippen LogP contribution in [-0.4, -0.2) is 238 Å². The second kappa shape index (κ2) is 42.2. The molecule has 9 atom stereocenters. The van der Waals surface area contributed by atoms with Gasteiger partial charge in [-0.3, -0.25) is 63.1 Å². The van der Waals surface area contributed by atoms with Crippen LogP contribution in [0, 0.1) is 17.6 Å². The van der Waals surface area contributed by atoms with Gasteiger partial charge in [-0.15, -0.1) is 0 Å². The SMILES string of the molecule is C=C1OCc2c(cc3n(c2=O)Cc2c-3nc3cc(F)c(OCNC(=O)OCc4ccc(O[C@@H]5O[C@H](C(=O)O)[C@@H](O)[C@H](O)[C@H]5O)c(NC(=O)CN(C)C(=O)CCNC(=O)CN(CCN5C(=O)C=CC5=O)CC(=O)N[C@H](C(=O)N[C@@H](CCCCN)C(=O)Nc5ccc(COC(=O)Oc6cc7c(CC)c8c(nc7cc6F)-c6cc7c(c(=O)n6C8)COC(=O)[C@]7(O)CC)cc5)C(C)C)c4)cc3c2CC)[C@@]1(O)CC. The van der Waals surface area contributed by atoms with E-state index in [1.54, 1.807) is 39.8 Å². The maximum absolute atomic E-state index is 15.9. The average Bonchev–Trinajstić information content (AvgIpc) is 1.58. The van der Waals surface area contributed by atoms with E-state index in [0.717, 1.165) is 39.6 Å². The van der Waals surface area contributed by atoms with Crippen molar-refractivity contribution in [1.82, 2.24) is 55.1 Å². The Bertz CT molecular complexity index is 6450. The van der Waals surface area contributed by atoms with Gasteiger partial charge in [0, 0.05) is 96.1 Å². The van der Waals surface area contributed by atoms with Crippen LogP contribution in [0.4, 0.5) is 29.7 Å². The summed E-state index contributed by atoms with van der Waals surface area (Å²) in [6.45, 7) is 9.81. The fraction of sp³-hybridized carbons (Fsp3) is 0.411. The second-order valence-corrected chi connectivity index (χ2v) is 34.4. The molecule has 736 valence electrons. The molecule has 0 bridgehead atoms. The number of aliphatic hydroxyl groups excluding tert-OH is 3. The minimum absolute atomic E-state index is 0.0629. The van der Waals surface area contributed by atoms with Crippen molar-refractivity contribution in [2.24, 2.45) is 11.7 Å². The third-order valence-electron chi connectivity index (χ3n) is 25.1. The van der Waals surface area contributed by atoms with Gasteiger partial charge in [0.1, 0.15) is 73.9 Å². The maximum Gasteiger partial charge on any atom is 0.514 e. The molecule has 42 nitrogen and oxygen atoms in total. The number of aryl methyl sites for hydroxylation is 2. The molecule has 0 radical (unpaired) electrons. The summed E-state index contributed by atoms with van der Waals surface area (Å²) in [6, 6.07) is 15.4. The highest BCUT2D eigenvalue weighted by Gasteiger charge is 2.50. The van der Waals surface area contributed by atoms with E-state index >= 15 is 8.78 Å². The minimum Gasteiger partial charge on any atom is -0.490 e. The number of benzene rings is 4. The zero-order chi connectivity index (χ0) is 100. The number of carboxylic acid groups (broad SMARTS) is 1. The molecule has 8 aromatic rings. The van der Waals surface area contributed by atoms with Gasteiger partial charge in [0.15, 0.2) is 41.6 Å². The lowest BCUT2D eigenvalue weighted by molar-refractivity contribution is -0.271. The number of ether oxygens (including phenoxy) is 8. The minimum atomic E-state index is -2.11. The smallest absolute Gasteiger partial charge is 0.490 e. The van der Waals surface area contributed by atoms with E-state index in [1.807, 2.05) is 13.8 Å². The van der Waals surface area contributed by atoms with Crippen LogP contribution in [0.2, 0.25) is 0 Å². The fourth-order valence-electron chi connectivity index (χ4n) is 17.5. The monoisotopic (exact) mass is 1930 g/mol. The third kappa shape index (κ3) is 21.1. The molecule has 10 heterocycles. The van der Waals surface area contributed by atoms with E-state index < -0.39 is 194 Å². The molecule has 1 fully saturated rings. The van der Waals surface area contributed by atoms with Crippen LogP contribution in [0.5, 0.6) is 17.2 Å². The molecule has 14 rings (SSSR count). The van der Waals surface area contributed by atoms with E-state index in [-0.39, 0.29) is 146 Å².